The van der Waals surface area contributed by atoms with E-state index in [9.17, 15) is 4.79 Å². The molecule has 0 spiro atoms. The minimum Gasteiger partial charge on any atom is -0.480 e. The van der Waals surface area contributed by atoms with Crippen molar-refractivity contribution in [2.24, 2.45) is 0 Å². The molecule has 136 valence electrons. The first-order valence-electron chi connectivity index (χ1n) is 8.08. The summed E-state index contributed by atoms with van der Waals surface area (Å²) in [6, 6.07) is 9.21. The highest BCUT2D eigenvalue weighted by Crippen LogP contribution is 2.36. The maximum Gasteiger partial charge on any atom is 0.412 e. The lowest BCUT2D eigenvalue weighted by Crippen LogP contribution is -2.27. The van der Waals surface area contributed by atoms with Crippen LogP contribution in [-0.4, -0.2) is 28.8 Å². The van der Waals surface area contributed by atoms with Crippen molar-refractivity contribution in [2.45, 2.75) is 26.4 Å². The molecule has 0 fully saturated rings. The van der Waals surface area contributed by atoms with E-state index in [0.717, 1.165) is 16.6 Å². The summed E-state index contributed by atoms with van der Waals surface area (Å²) in [6.45, 7) is 5.45. The first-order chi connectivity index (χ1) is 12.3. The number of ether oxygens (including phenoxy) is 2. The number of nitrogens with one attached hydrogen (secondary N) is 2. The number of pyridine rings is 1. The largest absolute Gasteiger partial charge is 0.480 e. The molecule has 26 heavy (non-hydrogen) atoms. The molecule has 2 heterocycles. The number of fused-ring (bicyclic) bond motifs is 1. The molecule has 1 amide bonds. The van der Waals surface area contributed by atoms with Gasteiger partial charge in [-0.25, -0.2) is 9.78 Å². The van der Waals surface area contributed by atoms with E-state index in [0.29, 0.717) is 22.2 Å². The lowest BCUT2D eigenvalue weighted by atomic mass is 10.2. The zero-order valence-corrected chi connectivity index (χ0v) is 15.8. The molecule has 1 aromatic carbocycles. The summed E-state index contributed by atoms with van der Waals surface area (Å²) in [6.07, 6.45) is 1.09. The number of rotatable bonds is 3. The van der Waals surface area contributed by atoms with Crippen LogP contribution >= 0.6 is 11.6 Å². The number of methoxy groups -OCH3 is 1. The Balaban J connectivity index is 1.93. The second-order valence-corrected chi connectivity index (χ2v) is 7.20. The van der Waals surface area contributed by atoms with Gasteiger partial charge in [-0.3, -0.25) is 5.32 Å². The number of benzene rings is 1. The molecule has 0 aliphatic heterocycles. The van der Waals surface area contributed by atoms with Crippen molar-refractivity contribution in [3.63, 3.8) is 0 Å². The van der Waals surface area contributed by atoms with Crippen LogP contribution in [0, 0.1) is 0 Å². The number of carbonyl (C=O) groups is 1. The topological polar surface area (TPSA) is 76.2 Å². The Bertz CT molecular complexity index is 960. The third kappa shape index (κ3) is 3.91. The first-order valence-corrected chi connectivity index (χ1v) is 8.46. The number of hydrogen-bond donors (Lipinski definition) is 2. The number of carbonyl (C=O) groups excluding carboxylic acids is 1. The van der Waals surface area contributed by atoms with Crippen molar-refractivity contribution in [1.82, 2.24) is 9.97 Å². The number of anilines is 1. The molecule has 0 saturated carbocycles. The average Bonchev–Trinajstić information content (AvgIpc) is 2.95. The fourth-order valence-electron chi connectivity index (χ4n) is 2.58. The van der Waals surface area contributed by atoms with E-state index >= 15 is 0 Å². The standard InChI is InChI=1S/C19H20ClN3O3/c1-19(2,3)26-18(24)22-12-6-5-11-9-15(23-14(11)10-12)16-13(20)7-8-21-17(16)25-4/h5-10,23H,1-4H3,(H,22,24). The molecule has 6 nitrogen and oxygen atoms in total. The van der Waals surface area contributed by atoms with Crippen LogP contribution in [0.25, 0.3) is 22.2 Å². The second-order valence-electron chi connectivity index (χ2n) is 6.79. The van der Waals surface area contributed by atoms with Crippen LogP contribution < -0.4 is 10.1 Å². The van der Waals surface area contributed by atoms with Crippen LogP contribution in [0.3, 0.4) is 0 Å². The summed E-state index contributed by atoms with van der Waals surface area (Å²) in [5, 5.41) is 4.24. The summed E-state index contributed by atoms with van der Waals surface area (Å²) < 4.78 is 10.6. The van der Waals surface area contributed by atoms with Gasteiger partial charge in [0, 0.05) is 22.8 Å². The zero-order valence-electron chi connectivity index (χ0n) is 15.0. The molecule has 0 saturated heterocycles. The lowest BCUT2D eigenvalue weighted by Gasteiger charge is -2.19. The quantitative estimate of drug-likeness (QED) is 0.658. The molecule has 0 unspecified atom stereocenters. The molecule has 0 bridgehead atoms. The third-order valence-electron chi connectivity index (χ3n) is 3.60. The van der Waals surface area contributed by atoms with Crippen molar-refractivity contribution >= 4 is 34.3 Å². The number of H-pyrrole nitrogens is 1. The number of aromatic nitrogens is 2. The highest BCUT2D eigenvalue weighted by Gasteiger charge is 2.17. The van der Waals surface area contributed by atoms with Crippen molar-refractivity contribution in [1.29, 1.82) is 0 Å². The summed E-state index contributed by atoms with van der Waals surface area (Å²) in [5.41, 5.74) is 2.39. The van der Waals surface area contributed by atoms with E-state index in [1.54, 1.807) is 19.4 Å². The summed E-state index contributed by atoms with van der Waals surface area (Å²) in [7, 11) is 1.55. The highest BCUT2D eigenvalue weighted by atomic mass is 35.5. The number of hydrogen-bond acceptors (Lipinski definition) is 4. The minimum absolute atomic E-state index is 0.441. The van der Waals surface area contributed by atoms with E-state index in [4.69, 9.17) is 21.1 Å². The van der Waals surface area contributed by atoms with Crippen LogP contribution in [0.4, 0.5) is 10.5 Å². The summed E-state index contributed by atoms with van der Waals surface area (Å²) in [4.78, 5) is 19.4. The molecular formula is C19H20ClN3O3. The Morgan fingerprint density at radius 3 is 2.69 bits per heavy atom. The Kier molecular flexibility index (Phi) is 4.78. The van der Waals surface area contributed by atoms with E-state index in [2.05, 4.69) is 15.3 Å². The van der Waals surface area contributed by atoms with Crippen LogP contribution in [0.15, 0.2) is 36.5 Å². The lowest BCUT2D eigenvalue weighted by molar-refractivity contribution is 0.0636. The van der Waals surface area contributed by atoms with Crippen molar-refractivity contribution in [3.8, 4) is 17.1 Å². The van der Waals surface area contributed by atoms with E-state index in [1.807, 2.05) is 45.0 Å². The van der Waals surface area contributed by atoms with Gasteiger partial charge in [-0.05, 0) is 45.0 Å². The summed E-state index contributed by atoms with van der Waals surface area (Å²) >= 11 is 6.32. The fourth-order valence-corrected chi connectivity index (χ4v) is 2.82. The Hall–Kier alpha value is -2.73. The van der Waals surface area contributed by atoms with Gasteiger partial charge in [0.1, 0.15) is 5.60 Å². The predicted octanol–water partition coefficient (Wildman–Crippen LogP) is 5.24. The molecule has 2 N–H and O–H groups in total. The average molecular weight is 374 g/mol. The van der Waals surface area contributed by atoms with Gasteiger partial charge in [0.15, 0.2) is 0 Å². The normalized spacial score (nSPS) is 11.4. The number of halogens is 1. The van der Waals surface area contributed by atoms with Gasteiger partial charge < -0.3 is 14.5 Å². The minimum atomic E-state index is -0.554. The van der Waals surface area contributed by atoms with Crippen LogP contribution in [0.1, 0.15) is 20.8 Å². The van der Waals surface area contributed by atoms with Crippen LogP contribution in [-0.2, 0) is 4.74 Å². The van der Waals surface area contributed by atoms with E-state index in [-0.39, 0.29) is 0 Å². The van der Waals surface area contributed by atoms with E-state index < -0.39 is 11.7 Å². The van der Waals surface area contributed by atoms with Gasteiger partial charge in [0.05, 0.1) is 23.4 Å². The van der Waals surface area contributed by atoms with Gasteiger partial charge in [0.2, 0.25) is 5.88 Å². The van der Waals surface area contributed by atoms with Gasteiger partial charge in [0.25, 0.3) is 0 Å². The fraction of sp³-hybridized carbons (Fsp3) is 0.263. The maximum absolute atomic E-state index is 11.9. The van der Waals surface area contributed by atoms with Crippen molar-refractivity contribution < 1.29 is 14.3 Å². The van der Waals surface area contributed by atoms with Gasteiger partial charge in [-0.1, -0.05) is 17.7 Å². The first kappa shape index (κ1) is 18.1. The molecule has 3 aromatic rings. The molecule has 0 aliphatic carbocycles. The Labute approximate surface area is 156 Å². The molecule has 7 heteroatoms. The number of nitrogens with zero attached hydrogens (tertiary/aromatic N) is 1. The van der Waals surface area contributed by atoms with Crippen LogP contribution in [0.5, 0.6) is 5.88 Å². The number of aromatic amines is 1. The van der Waals surface area contributed by atoms with E-state index in [1.165, 1.54) is 0 Å². The third-order valence-corrected chi connectivity index (χ3v) is 3.91. The Morgan fingerprint density at radius 1 is 1.23 bits per heavy atom. The second kappa shape index (κ2) is 6.88. The molecule has 0 radical (unpaired) electrons. The molecule has 2 aromatic heterocycles. The van der Waals surface area contributed by atoms with Crippen molar-refractivity contribution in [2.75, 3.05) is 12.4 Å². The molecular weight excluding hydrogens is 354 g/mol. The van der Waals surface area contributed by atoms with Crippen LogP contribution in [0.2, 0.25) is 5.02 Å². The number of amides is 1. The molecule has 3 rings (SSSR count). The summed E-state index contributed by atoms with van der Waals surface area (Å²) in [5.74, 6) is 0.441. The SMILES string of the molecule is COc1nccc(Cl)c1-c1cc2ccc(NC(=O)OC(C)(C)C)cc2[nH]1. The highest BCUT2D eigenvalue weighted by molar-refractivity contribution is 6.33. The van der Waals surface area contributed by atoms with Crippen molar-refractivity contribution in [3.05, 3.63) is 41.6 Å². The Morgan fingerprint density at radius 2 is 2.00 bits per heavy atom. The van der Waals surface area contributed by atoms with Gasteiger partial charge in [-0.15, -0.1) is 0 Å². The smallest absolute Gasteiger partial charge is 0.412 e. The monoisotopic (exact) mass is 373 g/mol. The van der Waals surface area contributed by atoms with Gasteiger partial charge >= 0.3 is 6.09 Å². The predicted molar refractivity (Wildman–Crippen MR) is 103 cm³/mol. The van der Waals surface area contributed by atoms with Gasteiger partial charge in [-0.2, -0.15) is 0 Å². The maximum atomic E-state index is 11.9. The molecule has 0 aliphatic rings. The molecule has 0 atom stereocenters. The zero-order chi connectivity index (χ0) is 18.9.